The van der Waals surface area contributed by atoms with E-state index in [0.29, 0.717) is 6.04 Å². The monoisotopic (exact) mass is 284 g/mol. The first-order valence-electron chi connectivity index (χ1n) is 7.22. The molecule has 1 N–H and O–H groups in total. The minimum absolute atomic E-state index is 0.516. The topological polar surface area (TPSA) is 19.0 Å². The maximum absolute atomic E-state index is 5.20. The highest BCUT2D eigenvalue weighted by Gasteiger charge is 2.27. The van der Waals surface area contributed by atoms with Gasteiger partial charge in [0.05, 0.1) is 0 Å². The van der Waals surface area contributed by atoms with Crippen LogP contribution in [0.1, 0.15) is 35.7 Å². The summed E-state index contributed by atoms with van der Waals surface area (Å²) in [5, 5.41) is 0. The molecule has 20 heavy (non-hydrogen) atoms. The predicted molar refractivity (Wildman–Crippen MR) is 85.2 cm³/mol. The molecule has 0 bridgehead atoms. The Labute approximate surface area is 125 Å². The van der Waals surface area contributed by atoms with Crippen molar-refractivity contribution in [2.24, 2.45) is 0 Å². The van der Waals surface area contributed by atoms with Crippen LogP contribution in [-0.2, 0) is 6.54 Å². The van der Waals surface area contributed by atoms with Gasteiger partial charge in [-0.25, -0.2) is 0 Å². The second kappa shape index (κ2) is 5.90. The number of nitrogens with zero attached hydrogens (tertiary/aromatic N) is 1. The standard InChI is InChI=1S/C17H20N2S/c1-13-15(9-10-17(20)18-13)16-8-5-11-19(16)12-14-6-3-2-4-7-14/h2-4,6-7,9-10,16H,5,8,11-12H2,1H3,(H,18,20)/t16-/m0/s1. The molecule has 0 radical (unpaired) electrons. The molecular weight excluding hydrogens is 264 g/mol. The maximum Gasteiger partial charge on any atom is 0.103 e. The lowest BCUT2D eigenvalue weighted by atomic mass is 10.0. The van der Waals surface area contributed by atoms with E-state index in [0.717, 1.165) is 11.2 Å². The van der Waals surface area contributed by atoms with Crippen LogP contribution in [0.4, 0.5) is 0 Å². The molecule has 2 nitrogen and oxygen atoms in total. The summed E-state index contributed by atoms with van der Waals surface area (Å²) >= 11 is 5.20. The Morgan fingerprint density at radius 3 is 2.75 bits per heavy atom. The molecule has 1 aliphatic heterocycles. The van der Waals surface area contributed by atoms with Gasteiger partial charge in [-0.3, -0.25) is 4.90 Å². The van der Waals surface area contributed by atoms with Gasteiger partial charge in [0.1, 0.15) is 4.64 Å². The summed E-state index contributed by atoms with van der Waals surface area (Å²) in [5.74, 6) is 0. The van der Waals surface area contributed by atoms with Gasteiger partial charge in [0, 0.05) is 18.3 Å². The Morgan fingerprint density at radius 2 is 2.00 bits per heavy atom. The van der Waals surface area contributed by atoms with Gasteiger partial charge in [0.2, 0.25) is 0 Å². The summed E-state index contributed by atoms with van der Waals surface area (Å²) in [6.45, 7) is 4.33. The van der Waals surface area contributed by atoms with E-state index in [-0.39, 0.29) is 0 Å². The number of nitrogens with one attached hydrogen (secondary N) is 1. The molecule has 1 aromatic heterocycles. The third-order valence-corrected chi connectivity index (χ3v) is 4.35. The van der Waals surface area contributed by atoms with Crippen molar-refractivity contribution in [3.05, 3.63) is 63.9 Å². The molecule has 0 aliphatic carbocycles. The maximum atomic E-state index is 5.20. The van der Waals surface area contributed by atoms with Crippen molar-refractivity contribution in [3.8, 4) is 0 Å². The van der Waals surface area contributed by atoms with Gasteiger partial charge >= 0.3 is 0 Å². The summed E-state index contributed by atoms with van der Waals surface area (Å²) in [4.78, 5) is 5.87. The lowest BCUT2D eigenvalue weighted by Gasteiger charge is -2.26. The van der Waals surface area contributed by atoms with E-state index in [1.165, 1.54) is 36.2 Å². The highest BCUT2D eigenvalue weighted by molar-refractivity contribution is 7.71. The first kappa shape index (κ1) is 13.5. The molecule has 2 heterocycles. The van der Waals surface area contributed by atoms with Crippen LogP contribution in [0.15, 0.2) is 42.5 Å². The molecule has 0 spiro atoms. The van der Waals surface area contributed by atoms with Crippen LogP contribution in [0.25, 0.3) is 0 Å². The van der Waals surface area contributed by atoms with Crippen LogP contribution in [0.3, 0.4) is 0 Å². The second-order valence-electron chi connectivity index (χ2n) is 5.52. The molecule has 1 saturated heterocycles. The van der Waals surface area contributed by atoms with Crippen LogP contribution in [-0.4, -0.2) is 16.4 Å². The number of H-pyrrole nitrogens is 1. The molecule has 1 aromatic carbocycles. The molecule has 0 saturated carbocycles. The summed E-state index contributed by atoms with van der Waals surface area (Å²) in [6, 6.07) is 15.4. The third-order valence-electron chi connectivity index (χ3n) is 4.11. The number of aromatic amines is 1. The summed E-state index contributed by atoms with van der Waals surface area (Å²) in [6.07, 6.45) is 2.50. The molecule has 2 aromatic rings. The number of rotatable bonds is 3. The number of benzene rings is 1. The summed E-state index contributed by atoms with van der Waals surface area (Å²) in [5.41, 5.74) is 4.00. The highest BCUT2D eigenvalue weighted by atomic mass is 32.1. The lowest BCUT2D eigenvalue weighted by Crippen LogP contribution is -2.23. The molecule has 3 rings (SSSR count). The van der Waals surface area contributed by atoms with Crippen molar-refractivity contribution in [2.75, 3.05) is 6.54 Å². The van der Waals surface area contributed by atoms with Gasteiger partial charge < -0.3 is 4.98 Å². The van der Waals surface area contributed by atoms with E-state index in [9.17, 15) is 0 Å². The number of aryl methyl sites for hydroxylation is 1. The Balaban J connectivity index is 1.83. The summed E-state index contributed by atoms with van der Waals surface area (Å²) < 4.78 is 0.818. The fourth-order valence-corrected chi connectivity index (χ4v) is 3.36. The van der Waals surface area contributed by atoms with Crippen LogP contribution >= 0.6 is 12.2 Å². The third kappa shape index (κ3) is 2.84. The van der Waals surface area contributed by atoms with E-state index in [2.05, 4.69) is 53.2 Å². The molecule has 1 atom stereocenters. The molecule has 104 valence electrons. The summed E-state index contributed by atoms with van der Waals surface area (Å²) in [7, 11) is 0. The predicted octanol–water partition coefficient (Wildman–Crippen LogP) is 4.39. The number of hydrogen-bond donors (Lipinski definition) is 1. The van der Waals surface area contributed by atoms with Crippen molar-refractivity contribution < 1.29 is 0 Å². The molecular formula is C17H20N2S. The molecule has 0 amide bonds. The Morgan fingerprint density at radius 1 is 1.20 bits per heavy atom. The first-order chi connectivity index (χ1) is 9.74. The van der Waals surface area contributed by atoms with Gasteiger partial charge in [0.25, 0.3) is 0 Å². The molecule has 1 fully saturated rings. The van der Waals surface area contributed by atoms with Gasteiger partial charge in [-0.15, -0.1) is 0 Å². The van der Waals surface area contributed by atoms with E-state index >= 15 is 0 Å². The van der Waals surface area contributed by atoms with Crippen LogP contribution in [0.5, 0.6) is 0 Å². The smallest absolute Gasteiger partial charge is 0.103 e. The van der Waals surface area contributed by atoms with Crippen LogP contribution in [0.2, 0.25) is 0 Å². The Hall–Kier alpha value is -1.45. The van der Waals surface area contributed by atoms with E-state index < -0.39 is 0 Å². The quantitative estimate of drug-likeness (QED) is 0.843. The van der Waals surface area contributed by atoms with Crippen molar-refractivity contribution >= 4 is 12.2 Å². The number of pyridine rings is 1. The van der Waals surface area contributed by atoms with Crippen molar-refractivity contribution in [1.29, 1.82) is 0 Å². The van der Waals surface area contributed by atoms with E-state index in [4.69, 9.17) is 12.2 Å². The lowest BCUT2D eigenvalue weighted by molar-refractivity contribution is 0.247. The minimum atomic E-state index is 0.516. The fourth-order valence-electron chi connectivity index (χ4n) is 3.14. The van der Waals surface area contributed by atoms with E-state index in [1.54, 1.807) is 0 Å². The number of hydrogen-bond acceptors (Lipinski definition) is 2. The van der Waals surface area contributed by atoms with E-state index in [1.807, 2.05) is 6.07 Å². The zero-order valence-corrected chi connectivity index (χ0v) is 12.6. The number of likely N-dealkylation sites (tertiary alicyclic amines) is 1. The molecule has 3 heteroatoms. The average Bonchev–Trinajstić information content (AvgIpc) is 2.88. The Kier molecular flexibility index (Phi) is 3.99. The van der Waals surface area contributed by atoms with Crippen molar-refractivity contribution in [1.82, 2.24) is 9.88 Å². The van der Waals surface area contributed by atoms with Gasteiger partial charge in [-0.1, -0.05) is 48.6 Å². The highest BCUT2D eigenvalue weighted by Crippen LogP contribution is 2.34. The van der Waals surface area contributed by atoms with Gasteiger partial charge in [-0.2, -0.15) is 0 Å². The largest absolute Gasteiger partial charge is 0.350 e. The van der Waals surface area contributed by atoms with Crippen LogP contribution < -0.4 is 0 Å². The minimum Gasteiger partial charge on any atom is -0.350 e. The first-order valence-corrected chi connectivity index (χ1v) is 7.62. The Bertz CT molecular complexity index is 633. The fraction of sp³-hybridized carbons (Fsp3) is 0.353. The normalized spacial score (nSPS) is 19.4. The van der Waals surface area contributed by atoms with Crippen LogP contribution in [0, 0.1) is 11.6 Å². The average molecular weight is 284 g/mol. The number of aromatic nitrogens is 1. The molecule has 0 unspecified atom stereocenters. The van der Waals surface area contributed by atoms with Gasteiger partial charge in [-0.05, 0) is 43.5 Å². The zero-order valence-electron chi connectivity index (χ0n) is 11.8. The SMILES string of the molecule is Cc1[nH]c(=S)ccc1[C@@H]1CCCN1Cc1ccccc1. The zero-order chi connectivity index (χ0) is 13.9. The molecule has 1 aliphatic rings. The van der Waals surface area contributed by atoms with Crippen molar-refractivity contribution in [2.45, 2.75) is 32.4 Å². The van der Waals surface area contributed by atoms with Gasteiger partial charge in [0.15, 0.2) is 0 Å². The second-order valence-corrected chi connectivity index (χ2v) is 5.96. The van der Waals surface area contributed by atoms with Crippen molar-refractivity contribution in [3.63, 3.8) is 0 Å².